The Bertz CT molecular complexity index is 477. The van der Waals surface area contributed by atoms with E-state index in [1.165, 1.54) is 4.57 Å². The van der Waals surface area contributed by atoms with E-state index in [9.17, 15) is 13.6 Å². The van der Waals surface area contributed by atoms with Crippen LogP contribution in [0.2, 0.25) is 0 Å². The van der Waals surface area contributed by atoms with Gasteiger partial charge in [0.2, 0.25) is 0 Å². The van der Waals surface area contributed by atoms with Crippen molar-refractivity contribution >= 4 is 6.09 Å². The minimum Gasteiger partial charge on any atom is -0.444 e. The number of aromatic nitrogens is 1. The molecule has 2 heterocycles. The van der Waals surface area contributed by atoms with Gasteiger partial charge in [0.25, 0.3) is 0 Å². The normalized spacial score (nSPS) is 22.9. The molecule has 5 nitrogen and oxygen atoms in total. The average molecular weight is 287 g/mol. The smallest absolute Gasteiger partial charge is 0.407 e. The van der Waals surface area contributed by atoms with Gasteiger partial charge in [-0.3, -0.25) is 0 Å². The molecule has 0 aromatic carbocycles. The van der Waals surface area contributed by atoms with Gasteiger partial charge in [0.05, 0.1) is 12.1 Å². The number of nitrogens with zero attached hydrogens (tertiary/aromatic N) is 1. The summed E-state index contributed by atoms with van der Waals surface area (Å²) in [6.45, 7) is 6.36. The van der Waals surface area contributed by atoms with Gasteiger partial charge in [-0.25, -0.2) is 13.6 Å². The molecule has 20 heavy (non-hydrogen) atoms. The molecule has 1 fully saturated rings. The molecule has 2 rings (SSSR count). The van der Waals surface area contributed by atoms with E-state index in [1.54, 1.807) is 20.8 Å². The first-order valence-corrected chi connectivity index (χ1v) is 6.49. The number of ether oxygens (including phenoxy) is 1. The van der Waals surface area contributed by atoms with Crippen LogP contribution in [0.5, 0.6) is 0 Å². The molecule has 0 aliphatic carbocycles. The summed E-state index contributed by atoms with van der Waals surface area (Å²) < 4.78 is 32.8. The number of carbonyl (C=O) groups is 1. The van der Waals surface area contributed by atoms with Crippen LogP contribution < -0.4 is 10.6 Å². The van der Waals surface area contributed by atoms with Gasteiger partial charge in [-0.2, -0.15) is 0 Å². The fourth-order valence-electron chi connectivity index (χ4n) is 2.20. The Labute approximate surface area is 116 Å². The van der Waals surface area contributed by atoms with Crippen LogP contribution in [-0.2, 0) is 4.74 Å². The Balaban J connectivity index is 2.02. The first kappa shape index (κ1) is 14.8. The van der Waals surface area contributed by atoms with Crippen molar-refractivity contribution in [3.63, 3.8) is 0 Å². The van der Waals surface area contributed by atoms with E-state index in [2.05, 4.69) is 10.6 Å². The molecule has 0 saturated carbocycles. The quantitative estimate of drug-likeness (QED) is 0.872. The number of rotatable bonds is 2. The summed E-state index contributed by atoms with van der Waals surface area (Å²) in [5.74, 6) is -1.79. The first-order valence-electron chi connectivity index (χ1n) is 6.49. The van der Waals surface area contributed by atoms with Crippen LogP contribution in [0.3, 0.4) is 0 Å². The highest BCUT2D eigenvalue weighted by atomic mass is 19.2. The minimum atomic E-state index is -0.895. The molecule has 1 aliphatic heterocycles. The average Bonchev–Trinajstić information content (AvgIpc) is 2.84. The lowest BCUT2D eigenvalue weighted by Gasteiger charge is -2.24. The number of nitrogens with one attached hydrogen (secondary N) is 2. The van der Waals surface area contributed by atoms with Crippen molar-refractivity contribution in [3.8, 4) is 0 Å². The highest BCUT2D eigenvalue weighted by Gasteiger charge is 2.31. The predicted molar refractivity (Wildman–Crippen MR) is 69.4 cm³/mol. The van der Waals surface area contributed by atoms with Crippen molar-refractivity contribution in [2.75, 3.05) is 13.1 Å². The topological polar surface area (TPSA) is 55.3 Å². The second-order valence-corrected chi connectivity index (χ2v) is 5.88. The Hall–Kier alpha value is -1.63. The van der Waals surface area contributed by atoms with Gasteiger partial charge in [0.1, 0.15) is 5.60 Å². The van der Waals surface area contributed by atoms with Crippen LogP contribution in [0.4, 0.5) is 13.6 Å². The molecule has 2 atom stereocenters. The van der Waals surface area contributed by atoms with Gasteiger partial charge >= 0.3 is 6.09 Å². The molecule has 1 aromatic heterocycles. The van der Waals surface area contributed by atoms with Crippen LogP contribution in [0.1, 0.15) is 26.8 Å². The van der Waals surface area contributed by atoms with Crippen molar-refractivity contribution in [2.24, 2.45) is 0 Å². The van der Waals surface area contributed by atoms with Crippen molar-refractivity contribution < 1.29 is 18.3 Å². The van der Waals surface area contributed by atoms with Crippen LogP contribution in [0, 0.1) is 11.6 Å². The van der Waals surface area contributed by atoms with E-state index in [4.69, 9.17) is 4.74 Å². The Kier molecular flexibility index (Phi) is 3.99. The number of hydrogen-bond donors (Lipinski definition) is 2. The fraction of sp³-hybridized carbons (Fsp3) is 0.615. The summed E-state index contributed by atoms with van der Waals surface area (Å²) in [7, 11) is 0. The molecule has 0 spiro atoms. The summed E-state index contributed by atoms with van der Waals surface area (Å²) in [5.41, 5.74) is -0.586. The molecule has 0 unspecified atom stereocenters. The van der Waals surface area contributed by atoms with Crippen molar-refractivity contribution in [1.29, 1.82) is 0 Å². The molecule has 1 aromatic rings. The molecule has 0 radical (unpaired) electrons. The maximum Gasteiger partial charge on any atom is 0.407 e. The maximum absolute atomic E-state index is 13.1. The van der Waals surface area contributed by atoms with Crippen molar-refractivity contribution in [2.45, 2.75) is 38.5 Å². The van der Waals surface area contributed by atoms with Crippen LogP contribution in [0.15, 0.2) is 12.4 Å². The summed E-state index contributed by atoms with van der Waals surface area (Å²) in [4.78, 5) is 11.7. The fourth-order valence-corrected chi connectivity index (χ4v) is 2.20. The largest absolute Gasteiger partial charge is 0.444 e. The molecule has 112 valence electrons. The maximum atomic E-state index is 13.1. The number of halogens is 2. The van der Waals surface area contributed by atoms with Crippen molar-refractivity contribution in [3.05, 3.63) is 24.0 Å². The van der Waals surface area contributed by atoms with Gasteiger partial charge in [0, 0.05) is 25.5 Å². The molecule has 1 saturated heterocycles. The van der Waals surface area contributed by atoms with Gasteiger partial charge in [-0.1, -0.05) is 0 Å². The molecule has 0 bridgehead atoms. The van der Waals surface area contributed by atoms with E-state index in [-0.39, 0.29) is 12.1 Å². The van der Waals surface area contributed by atoms with E-state index in [0.717, 1.165) is 12.4 Å². The minimum absolute atomic E-state index is 0.249. The summed E-state index contributed by atoms with van der Waals surface area (Å²) in [5, 5.41) is 5.81. The first-order chi connectivity index (χ1) is 9.26. The van der Waals surface area contributed by atoms with Crippen LogP contribution >= 0.6 is 0 Å². The number of amides is 1. The lowest BCUT2D eigenvalue weighted by molar-refractivity contribution is 0.0498. The third-order valence-corrected chi connectivity index (χ3v) is 3.02. The van der Waals surface area contributed by atoms with Crippen LogP contribution in [0.25, 0.3) is 0 Å². The lowest BCUT2D eigenvalue weighted by atomic mass is 10.1. The molecule has 2 N–H and O–H groups in total. The number of carbonyl (C=O) groups excluding carboxylic acids is 1. The number of alkyl carbamates (subject to hydrolysis) is 1. The summed E-state index contributed by atoms with van der Waals surface area (Å²) >= 11 is 0. The van der Waals surface area contributed by atoms with E-state index >= 15 is 0 Å². The molecule has 7 heteroatoms. The van der Waals surface area contributed by atoms with E-state index < -0.39 is 23.3 Å². The zero-order chi connectivity index (χ0) is 14.9. The lowest BCUT2D eigenvalue weighted by Crippen LogP contribution is -2.43. The standard InChI is InChI=1S/C13H19F2N3O2/c1-13(2,3)20-12(19)17-10-4-16-5-11(10)18-6-8(14)9(15)7-18/h6-7,10-11,16H,4-5H2,1-3H3,(H,17,19)/t10-,11-/m1/s1. The van der Waals surface area contributed by atoms with Crippen LogP contribution in [-0.4, -0.2) is 35.4 Å². The third kappa shape index (κ3) is 3.47. The monoisotopic (exact) mass is 287 g/mol. The second kappa shape index (κ2) is 5.40. The summed E-state index contributed by atoms with van der Waals surface area (Å²) in [6, 6.07) is -0.530. The molecule has 1 aliphatic rings. The zero-order valence-electron chi connectivity index (χ0n) is 11.7. The van der Waals surface area contributed by atoms with Gasteiger partial charge < -0.3 is 19.9 Å². The Morgan fingerprint density at radius 2 is 1.95 bits per heavy atom. The molecule has 1 amide bonds. The SMILES string of the molecule is CC(C)(C)OC(=O)N[C@@H]1CNC[C@H]1n1cc(F)c(F)c1. The highest BCUT2D eigenvalue weighted by molar-refractivity contribution is 5.68. The molecular weight excluding hydrogens is 268 g/mol. The van der Waals surface area contributed by atoms with Crippen molar-refractivity contribution in [1.82, 2.24) is 15.2 Å². The van der Waals surface area contributed by atoms with E-state index in [0.29, 0.717) is 13.1 Å². The van der Waals surface area contributed by atoms with Gasteiger partial charge in [0.15, 0.2) is 11.6 Å². The zero-order valence-corrected chi connectivity index (χ0v) is 11.7. The third-order valence-electron chi connectivity index (χ3n) is 3.02. The number of hydrogen-bond acceptors (Lipinski definition) is 3. The Morgan fingerprint density at radius 1 is 1.35 bits per heavy atom. The highest BCUT2D eigenvalue weighted by Crippen LogP contribution is 2.19. The van der Waals surface area contributed by atoms with Gasteiger partial charge in [-0.15, -0.1) is 0 Å². The Morgan fingerprint density at radius 3 is 2.50 bits per heavy atom. The second-order valence-electron chi connectivity index (χ2n) is 5.88. The summed E-state index contributed by atoms with van der Waals surface area (Å²) in [6.07, 6.45) is 1.65. The van der Waals surface area contributed by atoms with Gasteiger partial charge in [-0.05, 0) is 20.8 Å². The van der Waals surface area contributed by atoms with E-state index in [1.807, 2.05) is 0 Å². The molecular formula is C13H19F2N3O2. The predicted octanol–water partition coefficient (Wildman–Crippen LogP) is 1.80.